The van der Waals surface area contributed by atoms with E-state index in [1.54, 1.807) is 18.4 Å². The third-order valence-electron chi connectivity index (χ3n) is 3.07. The van der Waals surface area contributed by atoms with Crippen molar-refractivity contribution in [3.8, 4) is 11.5 Å². The van der Waals surface area contributed by atoms with Gasteiger partial charge in [0.2, 0.25) is 0 Å². The van der Waals surface area contributed by atoms with Crippen LogP contribution in [0.5, 0.6) is 11.5 Å². The molecule has 0 fully saturated rings. The van der Waals surface area contributed by atoms with E-state index in [1.165, 1.54) is 10.6 Å². The summed E-state index contributed by atoms with van der Waals surface area (Å²) < 4.78 is 11.1. The van der Waals surface area contributed by atoms with E-state index >= 15 is 0 Å². The number of aromatic nitrogens is 1. The molecule has 0 aliphatic heterocycles. The van der Waals surface area contributed by atoms with Crippen molar-refractivity contribution in [3.05, 3.63) is 39.8 Å². The lowest BCUT2D eigenvalue weighted by molar-refractivity contribution is 0.284. The molecule has 0 amide bonds. The fourth-order valence-corrected chi connectivity index (χ4v) is 3.15. The summed E-state index contributed by atoms with van der Waals surface area (Å²) in [6.45, 7) is 3.51. The van der Waals surface area contributed by atoms with E-state index in [1.807, 2.05) is 31.3 Å². The highest BCUT2D eigenvalue weighted by Crippen LogP contribution is 2.28. The smallest absolute Gasteiger partial charge is 0.161 e. The van der Waals surface area contributed by atoms with Crippen molar-refractivity contribution in [2.75, 3.05) is 14.2 Å². The molecule has 2 aromatic rings. The third kappa shape index (κ3) is 4.19. The minimum Gasteiger partial charge on any atom is -0.493 e. The number of hydrogen-bond acceptors (Lipinski definition) is 5. The van der Waals surface area contributed by atoms with Crippen LogP contribution in [0.4, 0.5) is 0 Å². The standard InChI is InChI=1S/C16H22N2O2S/c1-4-7-12-15(10-17-2)21-16(18-12)11-20-14-9-6-5-8-13(14)19-3/h5-6,8-9,17H,4,7,10-11H2,1-3H3. The number of hydrogen-bond donors (Lipinski definition) is 1. The number of ether oxygens (including phenoxy) is 2. The van der Waals surface area contributed by atoms with Gasteiger partial charge in [0, 0.05) is 11.4 Å². The predicted octanol–water partition coefficient (Wildman–Crippen LogP) is 3.40. The summed E-state index contributed by atoms with van der Waals surface area (Å²) in [5.74, 6) is 1.50. The summed E-state index contributed by atoms with van der Waals surface area (Å²) in [5, 5.41) is 4.21. The van der Waals surface area contributed by atoms with Crippen molar-refractivity contribution >= 4 is 11.3 Å². The molecule has 0 aliphatic rings. The van der Waals surface area contributed by atoms with E-state index in [-0.39, 0.29) is 0 Å². The molecule has 0 atom stereocenters. The van der Waals surface area contributed by atoms with E-state index in [0.717, 1.165) is 35.9 Å². The first-order valence-electron chi connectivity index (χ1n) is 7.16. The Bertz CT molecular complexity index is 546. The summed E-state index contributed by atoms with van der Waals surface area (Å²) in [7, 11) is 3.61. The molecule has 0 aliphatic carbocycles. The van der Waals surface area contributed by atoms with Gasteiger partial charge < -0.3 is 14.8 Å². The van der Waals surface area contributed by atoms with Crippen molar-refractivity contribution in [1.82, 2.24) is 10.3 Å². The molecule has 21 heavy (non-hydrogen) atoms. The number of thiazole rings is 1. The van der Waals surface area contributed by atoms with E-state index in [2.05, 4.69) is 12.2 Å². The lowest BCUT2D eigenvalue weighted by Crippen LogP contribution is -2.05. The monoisotopic (exact) mass is 306 g/mol. The fraction of sp³-hybridized carbons (Fsp3) is 0.438. The van der Waals surface area contributed by atoms with E-state index in [9.17, 15) is 0 Å². The van der Waals surface area contributed by atoms with Crippen molar-refractivity contribution in [2.45, 2.75) is 32.9 Å². The number of methoxy groups -OCH3 is 1. The van der Waals surface area contributed by atoms with Crippen molar-refractivity contribution in [3.63, 3.8) is 0 Å². The zero-order valence-corrected chi connectivity index (χ0v) is 13.6. The van der Waals surface area contributed by atoms with E-state index in [0.29, 0.717) is 6.61 Å². The van der Waals surface area contributed by atoms with Gasteiger partial charge in [-0.3, -0.25) is 0 Å². The van der Waals surface area contributed by atoms with Gasteiger partial charge in [0.25, 0.3) is 0 Å². The lowest BCUT2D eigenvalue weighted by Gasteiger charge is -2.08. The largest absolute Gasteiger partial charge is 0.493 e. The molecule has 0 radical (unpaired) electrons. The van der Waals surface area contributed by atoms with Crippen LogP contribution in [0.1, 0.15) is 28.9 Å². The number of nitrogens with one attached hydrogen (secondary N) is 1. The zero-order valence-electron chi connectivity index (χ0n) is 12.8. The fourth-order valence-electron chi connectivity index (χ4n) is 2.11. The van der Waals surface area contributed by atoms with Crippen molar-refractivity contribution in [1.29, 1.82) is 0 Å². The van der Waals surface area contributed by atoms with Gasteiger partial charge in [-0.05, 0) is 25.6 Å². The molecule has 1 heterocycles. The van der Waals surface area contributed by atoms with Crippen LogP contribution in [-0.4, -0.2) is 19.1 Å². The Balaban J connectivity index is 2.07. The van der Waals surface area contributed by atoms with Crippen LogP contribution in [0, 0.1) is 0 Å². The average Bonchev–Trinajstić information content (AvgIpc) is 2.88. The Hall–Kier alpha value is -1.59. The van der Waals surface area contributed by atoms with Gasteiger partial charge in [0.1, 0.15) is 11.6 Å². The minimum atomic E-state index is 0.478. The Morgan fingerprint density at radius 2 is 2.00 bits per heavy atom. The van der Waals surface area contributed by atoms with Crippen LogP contribution in [-0.2, 0) is 19.6 Å². The lowest BCUT2D eigenvalue weighted by atomic mass is 10.2. The highest BCUT2D eigenvalue weighted by Gasteiger charge is 2.11. The maximum Gasteiger partial charge on any atom is 0.161 e. The number of benzene rings is 1. The number of rotatable bonds is 8. The average molecular weight is 306 g/mol. The second-order valence-corrected chi connectivity index (χ2v) is 5.87. The van der Waals surface area contributed by atoms with Gasteiger partial charge in [0.15, 0.2) is 11.5 Å². The summed E-state index contributed by atoms with van der Waals surface area (Å²) in [4.78, 5) is 6.01. The normalized spacial score (nSPS) is 10.6. The molecule has 114 valence electrons. The Morgan fingerprint density at radius 1 is 1.24 bits per heavy atom. The van der Waals surface area contributed by atoms with Gasteiger partial charge in [-0.2, -0.15) is 0 Å². The molecule has 1 aromatic carbocycles. The molecule has 0 saturated heterocycles. The summed E-state index contributed by atoms with van der Waals surface area (Å²) in [5.41, 5.74) is 1.19. The highest BCUT2D eigenvalue weighted by molar-refractivity contribution is 7.11. The molecule has 1 N–H and O–H groups in total. The highest BCUT2D eigenvalue weighted by atomic mass is 32.1. The van der Waals surface area contributed by atoms with Gasteiger partial charge >= 0.3 is 0 Å². The second-order valence-electron chi connectivity index (χ2n) is 4.70. The van der Waals surface area contributed by atoms with Crippen LogP contribution in [0.15, 0.2) is 24.3 Å². The quantitative estimate of drug-likeness (QED) is 0.812. The molecule has 4 nitrogen and oxygen atoms in total. The number of aryl methyl sites for hydroxylation is 1. The Kier molecular flexibility index (Phi) is 6.02. The SMILES string of the molecule is CCCc1nc(COc2ccccc2OC)sc1CNC. The Labute approximate surface area is 130 Å². The molecule has 0 bridgehead atoms. The van der Waals surface area contributed by atoms with Crippen LogP contribution >= 0.6 is 11.3 Å². The number of nitrogens with zero attached hydrogens (tertiary/aromatic N) is 1. The topological polar surface area (TPSA) is 43.4 Å². The second kappa shape index (κ2) is 8.00. The van der Waals surface area contributed by atoms with Crippen LogP contribution < -0.4 is 14.8 Å². The Morgan fingerprint density at radius 3 is 2.67 bits per heavy atom. The van der Waals surface area contributed by atoms with Gasteiger partial charge in [-0.1, -0.05) is 25.5 Å². The van der Waals surface area contributed by atoms with Crippen LogP contribution in [0.25, 0.3) is 0 Å². The van der Waals surface area contributed by atoms with Crippen molar-refractivity contribution < 1.29 is 9.47 Å². The summed E-state index contributed by atoms with van der Waals surface area (Å²) in [6, 6.07) is 7.67. The number of para-hydroxylation sites is 2. The van der Waals surface area contributed by atoms with Gasteiger partial charge in [0.05, 0.1) is 12.8 Å². The van der Waals surface area contributed by atoms with Crippen LogP contribution in [0.2, 0.25) is 0 Å². The molecule has 0 saturated carbocycles. The van der Waals surface area contributed by atoms with Gasteiger partial charge in [-0.25, -0.2) is 4.98 Å². The molecule has 5 heteroatoms. The van der Waals surface area contributed by atoms with E-state index in [4.69, 9.17) is 14.5 Å². The van der Waals surface area contributed by atoms with Gasteiger partial charge in [-0.15, -0.1) is 11.3 Å². The molecular formula is C16H22N2O2S. The molecule has 2 rings (SSSR count). The first-order valence-corrected chi connectivity index (χ1v) is 7.98. The molecule has 1 aromatic heterocycles. The molecule has 0 spiro atoms. The zero-order chi connectivity index (χ0) is 15.1. The first-order chi connectivity index (χ1) is 10.3. The minimum absolute atomic E-state index is 0.478. The van der Waals surface area contributed by atoms with Crippen molar-refractivity contribution in [2.24, 2.45) is 0 Å². The maximum atomic E-state index is 5.84. The van der Waals surface area contributed by atoms with Crippen LogP contribution in [0.3, 0.4) is 0 Å². The summed E-state index contributed by atoms with van der Waals surface area (Å²) in [6.07, 6.45) is 2.12. The molecular weight excluding hydrogens is 284 g/mol. The first kappa shape index (κ1) is 15.8. The third-order valence-corrected chi connectivity index (χ3v) is 4.14. The summed E-state index contributed by atoms with van der Waals surface area (Å²) >= 11 is 1.72. The molecule has 0 unspecified atom stereocenters. The van der Waals surface area contributed by atoms with E-state index < -0.39 is 0 Å². The maximum absolute atomic E-state index is 5.84. The predicted molar refractivity (Wildman–Crippen MR) is 86.2 cm³/mol.